The topological polar surface area (TPSA) is 64.6 Å². The van der Waals surface area contributed by atoms with Crippen molar-refractivity contribution in [3.63, 3.8) is 0 Å². The third-order valence-electron chi connectivity index (χ3n) is 5.11. The van der Waals surface area contributed by atoms with Crippen LogP contribution in [0.3, 0.4) is 0 Å². The molecule has 0 spiro atoms. The minimum Gasteiger partial charge on any atom is -0.314 e. The zero-order chi connectivity index (χ0) is 20.3. The fraction of sp³-hybridized carbons (Fsp3) is 0.474. The zero-order valence-electron chi connectivity index (χ0n) is 16.4. The van der Waals surface area contributed by atoms with Gasteiger partial charge < -0.3 is 9.47 Å². The molecule has 9 heteroatoms. The Bertz CT molecular complexity index is 968. The molecule has 1 aliphatic heterocycles. The van der Waals surface area contributed by atoms with Gasteiger partial charge in [0, 0.05) is 6.54 Å². The van der Waals surface area contributed by atoms with Gasteiger partial charge in [-0.3, -0.25) is 0 Å². The van der Waals surface area contributed by atoms with E-state index in [1.165, 1.54) is 4.90 Å². The van der Waals surface area contributed by atoms with E-state index in [0.29, 0.717) is 41.9 Å². The Hall–Kier alpha value is -1.81. The molecular weight excluding hydrogens is 394 g/mol. The lowest BCUT2D eigenvalue weighted by Crippen LogP contribution is -3.14. The highest BCUT2D eigenvalue weighted by Gasteiger charge is 2.30. The van der Waals surface area contributed by atoms with Crippen molar-refractivity contribution in [1.29, 1.82) is 0 Å². The SMILES string of the molecule is C=CCn1cnn(C[NH+]2CCN(S(=O)(=O)c3ccc(C(C)C)cc3)CC2)c1=S. The molecule has 1 fully saturated rings. The predicted molar refractivity (Wildman–Crippen MR) is 111 cm³/mol. The third-order valence-corrected chi connectivity index (χ3v) is 7.47. The second kappa shape index (κ2) is 8.69. The van der Waals surface area contributed by atoms with Crippen LogP contribution >= 0.6 is 12.2 Å². The van der Waals surface area contributed by atoms with E-state index in [1.807, 2.05) is 16.7 Å². The van der Waals surface area contributed by atoms with Gasteiger partial charge in [0.1, 0.15) is 6.33 Å². The molecular formula is C19H28N5O2S2+. The highest BCUT2D eigenvalue weighted by atomic mass is 32.2. The molecule has 28 heavy (non-hydrogen) atoms. The van der Waals surface area contributed by atoms with Crippen molar-refractivity contribution in [2.75, 3.05) is 26.2 Å². The standard InChI is InChI=1S/C19H27N5O2S2/c1-4-9-22-14-20-24(19(22)27)15-21-10-12-23(13-11-21)28(25,26)18-7-5-17(6-8-18)16(2)3/h4-8,14,16H,1,9-13,15H2,2-3H3/p+1. The summed E-state index contributed by atoms with van der Waals surface area (Å²) < 4.78 is 31.8. The van der Waals surface area contributed by atoms with Crippen molar-refractivity contribution < 1.29 is 13.3 Å². The fourth-order valence-corrected chi connectivity index (χ4v) is 5.01. The van der Waals surface area contributed by atoms with E-state index in [-0.39, 0.29) is 0 Å². The first-order chi connectivity index (χ1) is 13.3. The Morgan fingerprint density at radius 2 is 1.89 bits per heavy atom. The molecule has 1 aromatic heterocycles. The largest absolute Gasteiger partial charge is 0.314 e. The van der Waals surface area contributed by atoms with E-state index in [0.717, 1.165) is 18.7 Å². The summed E-state index contributed by atoms with van der Waals surface area (Å²) in [6.45, 7) is 11.6. The maximum absolute atomic E-state index is 12.9. The molecule has 1 aromatic carbocycles. The summed E-state index contributed by atoms with van der Waals surface area (Å²) in [5.41, 5.74) is 1.14. The lowest BCUT2D eigenvalue weighted by atomic mass is 10.0. The number of piperazine rings is 1. The van der Waals surface area contributed by atoms with Gasteiger partial charge in [0.2, 0.25) is 14.8 Å². The molecule has 7 nitrogen and oxygen atoms in total. The molecule has 0 bridgehead atoms. The number of allylic oxidation sites excluding steroid dienone is 1. The van der Waals surface area contributed by atoms with Gasteiger partial charge in [0.05, 0.1) is 31.1 Å². The smallest absolute Gasteiger partial charge is 0.243 e. The summed E-state index contributed by atoms with van der Waals surface area (Å²) in [6.07, 6.45) is 3.50. The second-order valence-electron chi connectivity index (χ2n) is 7.39. The maximum Gasteiger partial charge on any atom is 0.243 e. The lowest BCUT2D eigenvalue weighted by molar-refractivity contribution is -0.926. The highest BCUT2D eigenvalue weighted by molar-refractivity contribution is 7.89. The van der Waals surface area contributed by atoms with Gasteiger partial charge in [0.25, 0.3) is 0 Å². The van der Waals surface area contributed by atoms with Gasteiger partial charge in [-0.25, -0.2) is 8.42 Å². The first kappa shape index (κ1) is 20.9. The number of hydrogen-bond donors (Lipinski definition) is 1. The quantitative estimate of drug-likeness (QED) is 0.539. The van der Waals surface area contributed by atoms with Crippen molar-refractivity contribution in [3.8, 4) is 0 Å². The molecule has 1 aliphatic rings. The van der Waals surface area contributed by atoms with Crippen LogP contribution in [0.1, 0.15) is 25.3 Å². The third kappa shape index (κ3) is 4.43. The first-order valence-electron chi connectivity index (χ1n) is 9.49. The molecule has 1 saturated heterocycles. The van der Waals surface area contributed by atoms with Gasteiger partial charge in [-0.05, 0) is 35.8 Å². The second-order valence-corrected chi connectivity index (χ2v) is 9.69. The summed E-state index contributed by atoms with van der Waals surface area (Å²) in [5.74, 6) is 0.380. The maximum atomic E-state index is 12.9. The number of sulfonamides is 1. The Balaban J connectivity index is 1.63. The van der Waals surface area contributed by atoms with E-state index in [1.54, 1.807) is 33.5 Å². The molecule has 2 heterocycles. The number of quaternary nitrogens is 1. The zero-order valence-corrected chi connectivity index (χ0v) is 18.0. The van der Waals surface area contributed by atoms with Crippen LogP contribution in [-0.2, 0) is 23.2 Å². The minimum absolute atomic E-state index is 0.366. The Morgan fingerprint density at radius 3 is 2.46 bits per heavy atom. The van der Waals surface area contributed by atoms with Crippen LogP contribution < -0.4 is 4.90 Å². The van der Waals surface area contributed by atoms with Gasteiger partial charge in [0.15, 0.2) is 6.67 Å². The Morgan fingerprint density at radius 1 is 1.25 bits per heavy atom. The molecule has 0 saturated carbocycles. The average molecular weight is 423 g/mol. The summed E-state index contributed by atoms with van der Waals surface area (Å²) >= 11 is 5.43. The summed E-state index contributed by atoms with van der Waals surface area (Å²) in [6, 6.07) is 7.24. The van der Waals surface area contributed by atoms with E-state index < -0.39 is 10.0 Å². The van der Waals surface area contributed by atoms with Crippen LogP contribution in [0.2, 0.25) is 0 Å². The van der Waals surface area contributed by atoms with E-state index >= 15 is 0 Å². The van der Waals surface area contributed by atoms with Crippen molar-refractivity contribution >= 4 is 22.2 Å². The highest BCUT2D eigenvalue weighted by Crippen LogP contribution is 2.20. The molecule has 0 aliphatic carbocycles. The molecule has 2 aromatic rings. The molecule has 0 amide bonds. The Kier molecular flexibility index (Phi) is 6.49. The number of aromatic nitrogens is 3. The van der Waals surface area contributed by atoms with Crippen LogP contribution in [0.5, 0.6) is 0 Å². The molecule has 3 rings (SSSR count). The van der Waals surface area contributed by atoms with Gasteiger partial charge in [-0.15, -0.1) is 6.58 Å². The molecule has 152 valence electrons. The number of hydrogen-bond acceptors (Lipinski definition) is 4. The van der Waals surface area contributed by atoms with Crippen LogP contribution in [0, 0.1) is 4.77 Å². The van der Waals surface area contributed by atoms with Crippen LogP contribution in [0.15, 0.2) is 48.1 Å². The van der Waals surface area contributed by atoms with E-state index in [4.69, 9.17) is 12.2 Å². The van der Waals surface area contributed by atoms with Crippen LogP contribution in [0.4, 0.5) is 0 Å². The van der Waals surface area contributed by atoms with Crippen molar-refractivity contribution in [1.82, 2.24) is 18.7 Å². The molecule has 1 N–H and O–H groups in total. The van der Waals surface area contributed by atoms with Crippen LogP contribution in [-0.4, -0.2) is 53.2 Å². The van der Waals surface area contributed by atoms with E-state index in [2.05, 4.69) is 25.5 Å². The van der Waals surface area contributed by atoms with Crippen molar-refractivity contribution in [3.05, 3.63) is 53.6 Å². The average Bonchev–Trinajstić information content (AvgIpc) is 3.02. The van der Waals surface area contributed by atoms with Gasteiger partial charge in [-0.1, -0.05) is 32.1 Å². The van der Waals surface area contributed by atoms with Crippen LogP contribution in [0.25, 0.3) is 0 Å². The fourth-order valence-electron chi connectivity index (χ4n) is 3.33. The summed E-state index contributed by atoms with van der Waals surface area (Å²) in [7, 11) is -3.45. The summed E-state index contributed by atoms with van der Waals surface area (Å²) in [4.78, 5) is 1.63. The van der Waals surface area contributed by atoms with Crippen molar-refractivity contribution in [2.24, 2.45) is 0 Å². The predicted octanol–water partition coefficient (Wildman–Crippen LogP) is 1.27. The Labute approximate surface area is 171 Å². The molecule has 0 unspecified atom stereocenters. The number of benzene rings is 1. The first-order valence-corrected chi connectivity index (χ1v) is 11.3. The number of nitrogens with one attached hydrogen (secondary N) is 1. The molecule has 0 radical (unpaired) electrons. The lowest BCUT2D eigenvalue weighted by Gasteiger charge is -2.31. The monoisotopic (exact) mass is 422 g/mol. The minimum atomic E-state index is -3.45. The number of rotatable bonds is 7. The number of nitrogens with zero attached hydrogens (tertiary/aromatic N) is 4. The van der Waals surface area contributed by atoms with Crippen molar-refractivity contribution in [2.45, 2.75) is 37.9 Å². The van der Waals surface area contributed by atoms with Gasteiger partial charge >= 0.3 is 0 Å². The summed E-state index contributed by atoms with van der Waals surface area (Å²) in [5, 5.41) is 4.34. The van der Waals surface area contributed by atoms with E-state index in [9.17, 15) is 8.42 Å². The van der Waals surface area contributed by atoms with Gasteiger partial charge in [-0.2, -0.15) is 14.1 Å². The normalized spacial score (nSPS) is 16.5. The molecule has 0 atom stereocenters.